The van der Waals surface area contributed by atoms with Crippen molar-refractivity contribution in [3.05, 3.63) is 288 Å². The van der Waals surface area contributed by atoms with Crippen LogP contribution < -0.4 is 16.0 Å². The van der Waals surface area contributed by atoms with Crippen molar-refractivity contribution < 1.29 is 28.8 Å². The van der Waals surface area contributed by atoms with E-state index in [1.807, 2.05) is 183 Å². The molecular weight excluding hydrogens is 1470 g/mol. The Morgan fingerprint density at radius 1 is 0.373 bits per heavy atom. The minimum absolute atomic E-state index is 0.0450. The van der Waals surface area contributed by atoms with Crippen molar-refractivity contribution >= 4 is 67.8 Å². The fraction of sp³-hybridized carbons (Fsp3) is 0.320. The molecule has 21 nitrogen and oxygen atoms in total. The van der Waals surface area contributed by atoms with E-state index >= 15 is 0 Å². The van der Waals surface area contributed by atoms with Gasteiger partial charge < -0.3 is 16.0 Å². The van der Waals surface area contributed by atoms with Crippen molar-refractivity contribution in [1.82, 2.24) is 76.2 Å². The number of aromatic amines is 3. The molecule has 16 rings (SSSR count). The maximum absolute atomic E-state index is 13.6. The van der Waals surface area contributed by atoms with Gasteiger partial charge in [0.1, 0.15) is 17.1 Å². The monoisotopic (exact) mass is 1580 g/mol. The van der Waals surface area contributed by atoms with Gasteiger partial charge in [-0.3, -0.25) is 73.7 Å². The molecule has 3 fully saturated rings. The molecular formula is C97H105N15O6. The minimum atomic E-state index is -0.226. The first kappa shape index (κ1) is 82.2. The first-order valence-corrected chi connectivity index (χ1v) is 41.5. The van der Waals surface area contributed by atoms with Crippen molar-refractivity contribution in [1.29, 1.82) is 0 Å². The Labute approximate surface area is 689 Å². The maximum atomic E-state index is 13.6. The molecule has 9 heterocycles. The fourth-order valence-corrected chi connectivity index (χ4v) is 17.2. The van der Waals surface area contributed by atoms with E-state index in [4.69, 9.17) is 0 Å². The second-order valence-corrected chi connectivity index (χ2v) is 32.3. The Morgan fingerprint density at radius 2 is 0.678 bits per heavy atom. The van der Waals surface area contributed by atoms with Gasteiger partial charge in [-0.2, -0.15) is 15.3 Å². The molecule has 0 aliphatic carbocycles. The molecule has 6 aromatic heterocycles. The number of fused-ring (bicyclic) bond motifs is 3. The summed E-state index contributed by atoms with van der Waals surface area (Å²) in [6, 6.07) is 69.0. The SMILES string of the molecule is CC(C)C(NC(=O)[C@@H]1CC[C@@H](CC(=O)c2ccc3[nH]nc(-c4ccncc4)c3c2)CN1Cc1ccccc1)C(C)C.CCNC(=O)[C@@H]1CC[C@@H](CC(=O)c2ccc3[nH]nc(-c4ccncc4)c3c2)CN1Cc1ccccc1.O=C(C[C@@H]1CC[C@@H](C(=O)NCc2ccccc2)N(Cc2ccccc2)C1)c1ccc2[nH]nc(-c3ccncc3)c2c1. The van der Waals surface area contributed by atoms with E-state index < -0.39 is 0 Å². The molecule has 6 N–H and O–H groups in total. The molecule has 0 saturated carbocycles. The quantitative estimate of drug-likeness (QED) is 0.0261. The third-order valence-corrected chi connectivity index (χ3v) is 23.3. The summed E-state index contributed by atoms with van der Waals surface area (Å²) in [5, 5.41) is 34.9. The van der Waals surface area contributed by atoms with Gasteiger partial charge in [-0.25, -0.2) is 0 Å². The highest BCUT2D eigenvalue weighted by atomic mass is 16.2. The molecule has 3 aliphatic heterocycles. The number of H-pyrrole nitrogens is 3. The first-order valence-electron chi connectivity index (χ1n) is 41.5. The number of hydrogen-bond acceptors (Lipinski definition) is 15. The predicted molar refractivity (Wildman–Crippen MR) is 463 cm³/mol. The van der Waals surface area contributed by atoms with Gasteiger partial charge in [0.15, 0.2) is 17.3 Å². The van der Waals surface area contributed by atoms with Gasteiger partial charge in [0.2, 0.25) is 17.7 Å². The molecule has 0 bridgehead atoms. The van der Waals surface area contributed by atoms with Crippen molar-refractivity contribution in [2.75, 3.05) is 26.2 Å². The second kappa shape index (κ2) is 39.6. The Kier molecular flexibility index (Phi) is 27.6. The number of benzene rings is 7. The van der Waals surface area contributed by atoms with E-state index in [0.29, 0.717) is 93.6 Å². The Morgan fingerprint density at radius 3 is 0.992 bits per heavy atom. The normalized spacial score (nSPS) is 17.8. The van der Waals surface area contributed by atoms with Crippen LogP contribution in [0.25, 0.3) is 66.5 Å². The number of likely N-dealkylation sites (N-methyl/N-ethyl adjacent to an activating group) is 1. The summed E-state index contributed by atoms with van der Waals surface area (Å²) in [7, 11) is 0. The van der Waals surface area contributed by atoms with Gasteiger partial charge in [-0.05, 0) is 188 Å². The number of Topliss-reactive ketones (excluding diaryl/α,β-unsaturated/α-hetero) is 3. The lowest BCUT2D eigenvalue weighted by atomic mass is 9.86. The molecule has 118 heavy (non-hydrogen) atoms. The molecule has 13 aromatic rings. The highest BCUT2D eigenvalue weighted by Gasteiger charge is 2.38. The second-order valence-electron chi connectivity index (χ2n) is 32.3. The lowest BCUT2D eigenvalue weighted by Gasteiger charge is -2.40. The van der Waals surface area contributed by atoms with Crippen LogP contribution in [-0.4, -0.2) is 146 Å². The average molecular weight is 1580 g/mol. The van der Waals surface area contributed by atoms with Crippen LogP contribution in [-0.2, 0) is 40.6 Å². The van der Waals surface area contributed by atoms with E-state index in [9.17, 15) is 28.8 Å². The lowest BCUT2D eigenvalue weighted by Crippen LogP contribution is -2.55. The number of likely N-dealkylation sites (tertiary alicyclic amines) is 3. The van der Waals surface area contributed by atoms with Crippen LogP contribution in [0.5, 0.6) is 0 Å². The van der Waals surface area contributed by atoms with Crippen LogP contribution in [0.15, 0.2) is 250 Å². The number of nitrogens with zero attached hydrogens (tertiary/aromatic N) is 9. The summed E-state index contributed by atoms with van der Waals surface area (Å²) in [4.78, 5) is 99.2. The van der Waals surface area contributed by atoms with Crippen LogP contribution in [0, 0.1) is 29.6 Å². The van der Waals surface area contributed by atoms with E-state index in [1.165, 1.54) is 11.1 Å². The van der Waals surface area contributed by atoms with E-state index in [-0.39, 0.29) is 77.0 Å². The number of piperidine rings is 3. The van der Waals surface area contributed by atoms with Crippen molar-refractivity contribution in [3.8, 4) is 33.8 Å². The van der Waals surface area contributed by atoms with E-state index in [2.05, 4.69) is 140 Å². The van der Waals surface area contributed by atoms with Gasteiger partial charge in [-0.1, -0.05) is 149 Å². The zero-order valence-electron chi connectivity index (χ0n) is 67.9. The first-order chi connectivity index (χ1) is 57.6. The van der Waals surface area contributed by atoms with Gasteiger partial charge in [0.25, 0.3) is 0 Å². The number of carbonyl (C=O) groups is 6. The van der Waals surface area contributed by atoms with E-state index in [0.717, 1.165) is 123 Å². The summed E-state index contributed by atoms with van der Waals surface area (Å²) >= 11 is 0. The van der Waals surface area contributed by atoms with Crippen LogP contribution in [0.4, 0.5) is 0 Å². The molecule has 7 aromatic carbocycles. The highest BCUT2D eigenvalue weighted by molar-refractivity contribution is 6.05. The van der Waals surface area contributed by atoms with Gasteiger partial charge in [-0.15, -0.1) is 0 Å². The zero-order chi connectivity index (χ0) is 81.9. The van der Waals surface area contributed by atoms with Gasteiger partial charge >= 0.3 is 0 Å². The van der Waals surface area contributed by atoms with Crippen molar-refractivity contribution in [3.63, 3.8) is 0 Å². The molecule has 3 aliphatic rings. The third kappa shape index (κ3) is 20.9. The number of aromatic nitrogens is 9. The number of nitrogens with one attached hydrogen (secondary N) is 6. The van der Waals surface area contributed by atoms with Crippen LogP contribution in [0.1, 0.15) is 146 Å². The molecule has 6 atom stereocenters. The maximum Gasteiger partial charge on any atom is 0.237 e. The van der Waals surface area contributed by atoms with Crippen LogP contribution in [0.2, 0.25) is 0 Å². The number of pyridine rings is 3. The number of ketones is 3. The zero-order valence-corrected chi connectivity index (χ0v) is 67.9. The number of hydrogen-bond donors (Lipinski definition) is 6. The molecule has 3 amide bonds. The fourth-order valence-electron chi connectivity index (χ4n) is 17.2. The topological polar surface area (TPSA) is 273 Å². The summed E-state index contributed by atoms with van der Waals surface area (Å²) < 4.78 is 0. The number of amides is 3. The van der Waals surface area contributed by atoms with Crippen molar-refractivity contribution in [2.24, 2.45) is 29.6 Å². The summed E-state index contributed by atoms with van der Waals surface area (Å²) in [5.41, 5.74) is 14.7. The van der Waals surface area contributed by atoms with Gasteiger partial charge in [0.05, 0.1) is 34.7 Å². The summed E-state index contributed by atoms with van der Waals surface area (Å²) in [5.74, 6) is 1.87. The third-order valence-electron chi connectivity index (χ3n) is 23.3. The van der Waals surface area contributed by atoms with Crippen LogP contribution >= 0.6 is 0 Å². The molecule has 21 heteroatoms. The minimum Gasteiger partial charge on any atom is -0.355 e. The standard InChI is InChI=1S/C34H33N5O2.C34H41N5O2.C29H31N5O2/c40-32(28-12-13-30-29(20-28)33(38-37-30)27-15-17-35-18-16-27)19-26-11-14-31(34(41)36-21-24-7-3-1-4-8-24)39(23-26)22-25-9-5-2-6-10-25;1-22(2)32(23(3)4)36-34(41)30-13-10-25(21-39(30)20-24-8-6-5-7-9-24)18-31(40)27-11-12-29-28(19-27)33(38-37-29)26-14-16-35-17-15-26;1-2-31-29(36)26-11-8-21(19-34(26)18-20-6-4-3-5-7-20)16-27(35)23-9-10-25-24(17-23)28(33-32-25)22-12-14-30-15-13-22/h1-10,12-13,15-18,20,26,31H,11,14,19,21-23H2,(H,36,41)(H,37,38);5-9,11-12,14-17,19,22-23,25,30,32H,10,13,18,20-21H2,1-4H3,(H,36,41)(H,37,38);3-7,9-10,12-15,17,21,26H,2,8,11,16,18-19H2,1H3,(H,31,36)(H,32,33)/t26-,31-;25-,30-;21-,26-/m000/s1. The Bertz CT molecular complexity index is 5490. The van der Waals surface area contributed by atoms with Gasteiger partial charge in [0, 0.05) is 164 Å². The molecule has 0 radical (unpaired) electrons. The predicted octanol–water partition coefficient (Wildman–Crippen LogP) is 16.7. The highest BCUT2D eigenvalue weighted by Crippen LogP contribution is 2.36. The largest absolute Gasteiger partial charge is 0.355 e. The summed E-state index contributed by atoms with van der Waals surface area (Å²) in [6.45, 7) is 15.9. The van der Waals surface area contributed by atoms with Crippen molar-refractivity contribution in [2.45, 2.75) is 143 Å². The average Bonchev–Trinajstić information content (AvgIpc) is 1.61. The Balaban J connectivity index is 0.000000146. The molecule has 3 saturated heterocycles. The molecule has 604 valence electrons. The lowest BCUT2D eigenvalue weighted by molar-refractivity contribution is -0.130. The number of carbonyl (C=O) groups excluding carboxylic acids is 6. The Hall–Kier alpha value is -12.3. The number of rotatable bonds is 27. The summed E-state index contributed by atoms with van der Waals surface area (Å²) in [6.07, 6.45) is 16.6. The molecule has 0 unspecified atom stereocenters. The van der Waals surface area contributed by atoms with E-state index in [1.54, 1.807) is 37.2 Å². The smallest absolute Gasteiger partial charge is 0.237 e. The van der Waals surface area contributed by atoms with Crippen LogP contribution in [0.3, 0.4) is 0 Å². The molecule has 0 spiro atoms.